The number of hydrazone groups is 1. The topological polar surface area (TPSA) is 64.9 Å². The number of hydrogen-bond acceptors (Lipinski definition) is 4. The van der Waals surface area contributed by atoms with E-state index in [1.165, 1.54) is 0 Å². The van der Waals surface area contributed by atoms with Crippen molar-refractivity contribution < 1.29 is 10.2 Å². The minimum atomic E-state index is -0.198. The molecule has 0 aliphatic heterocycles. The van der Waals surface area contributed by atoms with Crippen molar-refractivity contribution in [1.82, 2.24) is 5.43 Å². The van der Waals surface area contributed by atoms with E-state index in [0.717, 1.165) is 0 Å². The first-order valence-electron chi connectivity index (χ1n) is 3.23. The minimum absolute atomic E-state index is 0.198. The Labute approximate surface area is 60.6 Å². The van der Waals surface area contributed by atoms with Crippen molar-refractivity contribution in [2.75, 3.05) is 13.2 Å². The second kappa shape index (κ2) is 5.20. The fraction of sp³-hybridized carbons (Fsp3) is 0.833. The molecule has 0 fully saturated rings. The van der Waals surface area contributed by atoms with Gasteiger partial charge in [0, 0.05) is 6.04 Å². The van der Waals surface area contributed by atoms with E-state index in [4.69, 9.17) is 10.2 Å². The van der Waals surface area contributed by atoms with Crippen LogP contribution in [0.4, 0.5) is 0 Å². The summed E-state index contributed by atoms with van der Waals surface area (Å²) in [6.07, 6.45) is 0. The molecule has 60 valence electrons. The summed E-state index contributed by atoms with van der Waals surface area (Å²) in [6, 6.07) is 0.230. The average Bonchev–Trinajstić information content (AvgIpc) is 1.90. The lowest BCUT2D eigenvalue weighted by Crippen LogP contribution is -2.21. The predicted octanol–water partition coefficient (Wildman–Crippen LogP) is -0.675. The zero-order valence-corrected chi connectivity index (χ0v) is 6.33. The van der Waals surface area contributed by atoms with Gasteiger partial charge in [0.2, 0.25) is 0 Å². The SMILES string of the molecule is CC(C)NN=C(CO)CO. The van der Waals surface area contributed by atoms with Crippen LogP contribution in [0.25, 0.3) is 0 Å². The van der Waals surface area contributed by atoms with Crippen molar-refractivity contribution in [2.24, 2.45) is 5.10 Å². The van der Waals surface area contributed by atoms with E-state index in [2.05, 4.69) is 10.5 Å². The van der Waals surface area contributed by atoms with Gasteiger partial charge in [-0.3, -0.25) is 0 Å². The molecular formula is C6H14N2O2. The second-order valence-electron chi connectivity index (χ2n) is 2.28. The van der Waals surface area contributed by atoms with Crippen LogP contribution in [-0.4, -0.2) is 35.2 Å². The molecule has 0 radical (unpaired) electrons. The molecular weight excluding hydrogens is 132 g/mol. The van der Waals surface area contributed by atoms with Crippen LogP contribution in [0.3, 0.4) is 0 Å². The van der Waals surface area contributed by atoms with E-state index < -0.39 is 0 Å². The number of aliphatic hydroxyl groups is 2. The summed E-state index contributed by atoms with van der Waals surface area (Å²) in [5.41, 5.74) is 3.07. The fourth-order valence-electron chi connectivity index (χ4n) is 0.341. The first-order chi connectivity index (χ1) is 4.70. The van der Waals surface area contributed by atoms with Gasteiger partial charge >= 0.3 is 0 Å². The van der Waals surface area contributed by atoms with Crippen LogP contribution in [0.1, 0.15) is 13.8 Å². The third-order valence-corrected chi connectivity index (χ3v) is 0.846. The molecule has 0 spiro atoms. The molecule has 4 nitrogen and oxygen atoms in total. The summed E-state index contributed by atoms with van der Waals surface area (Å²) < 4.78 is 0. The van der Waals surface area contributed by atoms with Gasteiger partial charge in [-0.05, 0) is 13.8 Å². The summed E-state index contributed by atoms with van der Waals surface area (Å²) in [7, 11) is 0. The quantitative estimate of drug-likeness (QED) is 0.364. The van der Waals surface area contributed by atoms with Gasteiger partial charge in [-0.1, -0.05) is 0 Å². The molecule has 0 amide bonds. The number of rotatable bonds is 4. The van der Waals surface area contributed by atoms with Crippen molar-refractivity contribution in [3.8, 4) is 0 Å². The van der Waals surface area contributed by atoms with Gasteiger partial charge < -0.3 is 15.6 Å². The highest BCUT2D eigenvalue weighted by Gasteiger charge is 1.93. The van der Waals surface area contributed by atoms with Crippen molar-refractivity contribution in [1.29, 1.82) is 0 Å². The molecule has 3 N–H and O–H groups in total. The summed E-state index contributed by atoms with van der Waals surface area (Å²) in [5, 5.41) is 20.7. The average molecular weight is 146 g/mol. The van der Waals surface area contributed by atoms with E-state index in [0.29, 0.717) is 5.71 Å². The Hall–Kier alpha value is -0.610. The van der Waals surface area contributed by atoms with Crippen LogP contribution in [0.5, 0.6) is 0 Å². The van der Waals surface area contributed by atoms with E-state index in [-0.39, 0.29) is 19.3 Å². The number of nitrogens with one attached hydrogen (secondary N) is 1. The molecule has 0 aliphatic carbocycles. The van der Waals surface area contributed by atoms with Crippen molar-refractivity contribution in [3.63, 3.8) is 0 Å². The molecule has 4 heteroatoms. The summed E-state index contributed by atoms with van der Waals surface area (Å²) in [6.45, 7) is 3.46. The van der Waals surface area contributed by atoms with Gasteiger partial charge in [0.05, 0.1) is 18.9 Å². The zero-order chi connectivity index (χ0) is 7.98. The largest absolute Gasteiger partial charge is 0.390 e. The fourth-order valence-corrected chi connectivity index (χ4v) is 0.341. The van der Waals surface area contributed by atoms with Crippen LogP contribution in [0.2, 0.25) is 0 Å². The van der Waals surface area contributed by atoms with Gasteiger partial charge in [0.25, 0.3) is 0 Å². The third-order valence-electron chi connectivity index (χ3n) is 0.846. The molecule has 0 heterocycles. The number of hydrogen-bond donors (Lipinski definition) is 3. The van der Waals surface area contributed by atoms with Crippen molar-refractivity contribution in [2.45, 2.75) is 19.9 Å². The summed E-state index contributed by atoms with van der Waals surface area (Å²) >= 11 is 0. The van der Waals surface area contributed by atoms with Crippen LogP contribution in [0.15, 0.2) is 5.10 Å². The summed E-state index contributed by atoms with van der Waals surface area (Å²) in [4.78, 5) is 0. The maximum Gasteiger partial charge on any atom is 0.0885 e. The van der Waals surface area contributed by atoms with Crippen LogP contribution in [0, 0.1) is 0 Å². The molecule has 0 aliphatic rings. The first kappa shape index (κ1) is 9.39. The lowest BCUT2D eigenvalue weighted by molar-refractivity contribution is 0.317. The normalized spacial score (nSPS) is 9.70. The van der Waals surface area contributed by atoms with Gasteiger partial charge in [0.1, 0.15) is 0 Å². The van der Waals surface area contributed by atoms with Crippen LogP contribution < -0.4 is 5.43 Å². The zero-order valence-electron chi connectivity index (χ0n) is 6.33. The lowest BCUT2D eigenvalue weighted by Gasteiger charge is -2.04. The molecule has 0 aromatic carbocycles. The summed E-state index contributed by atoms with van der Waals surface area (Å²) in [5.74, 6) is 0. The van der Waals surface area contributed by atoms with E-state index >= 15 is 0 Å². The molecule has 0 saturated heterocycles. The van der Waals surface area contributed by atoms with E-state index in [1.54, 1.807) is 0 Å². The van der Waals surface area contributed by atoms with Crippen LogP contribution in [-0.2, 0) is 0 Å². The monoisotopic (exact) mass is 146 g/mol. The molecule has 0 unspecified atom stereocenters. The first-order valence-corrected chi connectivity index (χ1v) is 3.23. The van der Waals surface area contributed by atoms with Gasteiger partial charge in [-0.25, -0.2) is 0 Å². The Morgan fingerprint density at radius 2 is 1.90 bits per heavy atom. The number of nitrogens with zero attached hydrogens (tertiary/aromatic N) is 1. The standard InChI is InChI=1S/C6H14N2O2/c1-5(2)7-8-6(3-9)4-10/h5,7,9-10H,3-4H2,1-2H3. The Kier molecular flexibility index (Phi) is 4.88. The highest BCUT2D eigenvalue weighted by atomic mass is 16.3. The van der Waals surface area contributed by atoms with Gasteiger partial charge in [-0.15, -0.1) is 0 Å². The Bertz CT molecular complexity index is 106. The van der Waals surface area contributed by atoms with E-state index in [9.17, 15) is 0 Å². The maximum atomic E-state index is 8.51. The number of aliphatic hydroxyl groups excluding tert-OH is 2. The highest BCUT2D eigenvalue weighted by Crippen LogP contribution is 1.78. The maximum absolute atomic E-state index is 8.51. The molecule has 0 aromatic rings. The molecule has 0 atom stereocenters. The minimum Gasteiger partial charge on any atom is -0.390 e. The molecule has 0 aromatic heterocycles. The van der Waals surface area contributed by atoms with E-state index in [1.807, 2.05) is 13.8 Å². The Balaban J connectivity index is 3.63. The van der Waals surface area contributed by atoms with Crippen molar-refractivity contribution >= 4 is 5.71 Å². The molecule has 0 rings (SSSR count). The Morgan fingerprint density at radius 1 is 1.40 bits per heavy atom. The third kappa shape index (κ3) is 4.29. The molecule has 0 bridgehead atoms. The molecule has 10 heavy (non-hydrogen) atoms. The van der Waals surface area contributed by atoms with Crippen LogP contribution >= 0.6 is 0 Å². The second-order valence-corrected chi connectivity index (χ2v) is 2.28. The predicted molar refractivity (Wildman–Crippen MR) is 39.9 cm³/mol. The highest BCUT2D eigenvalue weighted by molar-refractivity contribution is 5.86. The Morgan fingerprint density at radius 3 is 2.20 bits per heavy atom. The van der Waals surface area contributed by atoms with Gasteiger partial charge in [-0.2, -0.15) is 5.10 Å². The van der Waals surface area contributed by atoms with Crippen molar-refractivity contribution in [3.05, 3.63) is 0 Å². The smallest absolute Gasteiger partial charge is 0.0885 e. The molecule has 0 saturated carbocycles. The van der Waals surface area contributed by atoms with Gasteiger partial charge in [0.15, 0.2) is 0 Å². The lowest BCUT2D eigenvalue weighted by atomic mass is 10.4.